The van der Waals surface area contributed by atoms with Gasteiger partial charge in [0.15, 0.2) is 0 Å². The molecule has 2 aromatic rings. The molecule has 0 fully saturated rings. The quantitative estimate of drug-likeness (QED) is 0.635. The number of hydrogen-bond acceptors (Lipinski definition) is 3. The van der Waals surface area contributed by atoms with Gasteiger partial charge in [-0.1, -0.05) is 36.4 Å². The van der Waals surface area contributed by atoms with Crippen LogP contribution < -0.4 is 5.32 Å². The average molecular weight is 337 g/mol. The molecule has 3 atom stereocenters. The maximum Gasteiger partial charge on any atom is 0.338 e. The number of fused-ring (bicyclic) bond motifs is 3. The Morgan fingerprint density at radius 2 is 2.04 bits per heavy atom. The number of hydrogen-bond donors (Lipinski definition) is 1. The molecule has 4 rings (SSSR count). The summed E-state index contributed by atoms with van der Waals surface area (Å²) in [6.45, 7) is 2.00. The molecule has 4 heteroatoms. The van der Waals surface area contributed by atoms with Gasteiger partial charge in [-0.15, -0.1) is 0 Å². The molecule has 1 N–H and O–H groups in total. The summed E-state index contributed by atoms with van der Waals surface area (Å²) in [6, 6.07) is 10.5. The van der Waals surface area contributed by atoms with Crippen molar-refractivity contribution in [2.24, 2.45) is 5.92 Å². The largest absolute Gasteiger partial charge is 0.465 e. The van der Waals surface area contributed by atoms with Gasteiger partial charge in [0.1, 0.15) is 5.82 Å². The number of nitrogens with one attached hydrogen (secondary N) is 1. The second-order valence-corrected chi connectivity index (χ2v) is 6.71. The van der Waals surface area contributed by atoms with E-state index in [1.165, 1.54) is 13.2 Å². The van der Waals surface area contributed by atoms with Crippen molar-refractivity contribution in [2.45, 2.75) is 25.3 Å². The maximum atomic E-state index is 14.4. The van der Waals surface area contributed by atoms with E-state index < -0.39 is 0 Å². The highest BCUT2D eigenvalue weighted by Crippen LogP contribution is 2.52. The topological polar surface area (TPSA) is 38.3 Å². The van der Waals surface area contributed by atoms with Gasteiger partial charge in [0, 0.05) is 17.2 Å². The maximum absolute atomic E-state index is 14.4. The van der Waals surface area contributed by atoms with Crippen molar-refractivity contribution < 1.29 is 13.9 Å². The predicted molar refractivity (Wildman–Crippen MR) is 95.3 cm³/mol. The number of rotatable bonds is 2. The first-order valence-corrected chi connectivity index (χ1v) is 8.51. The standard InChI is InChI=1S/C21H20FNO2/c1-12-10-11-16(21(24)25-2)18-13-7-5-8-14(13)20(23-19(12)18)15-6-3-4-9-17(15)22/h3-7,9-11,13-14,20,23H,8H2,1-2H3/t13?,14?,20-/m0/s1. The number of allylic oxidation sites excluding steroid dienone is 2. The predicted octanol–water partition coefficient (Wildman–Crippen LogP) is 4.75. The number of esters is 1. The highest BCUT2D eigenvalue weighted by Gasteiger charge is 2.41. The molecule has 0 saturated heterocycles. The third kappa shape index (κ3) is 2.44. The van der Waals surface area contributed by atoms with Crippen LogP contribution in [0.4, 0.5) is 10.1 Å². The van der Waals surface area contributed by atoms with E-state index in [4.69, 9.17) is 4.74 Å². The number of carbonyl (C=O) groups excluding carboxylic acids is 1. The summed E-state index contributed by atoms with van der Waals surface area (Å²) in [4.78, 5) is 12.3. The molecular weight excluding hydrogens is 317 g/mol. The van der Waals surface area contributed by atoms with Gasteiger partial charge in [-0.25, -0.2) is 9.18 Å². The van der Waals surface area contributed by atoms with Gasteiger partial charge in [-0.05, 0) is 42.5 Å². The van der Waals surface area contributed by atoms with Crippen molar-refractivity contribution in [3.05, 3.63) is 76.6 Å². The molecule has 25 heavy (non-hydrogen) atoms. The summed E-state index contributed by atoms with van der Waals surface area (Å²) in [7, 11) is 1.40. The van der Waals surface area contributed by atoms with Crippen molar-refractivity contribution in [1.82, 2.24) is 0 Å². The summed E-state index contributed by atoms with van der Waals surface area (Å²) < 4.78 is 19.4. The van der Waals surface area contributed by atoms with E-state index in [1.807, 2.05) is 31.2 Å². The highest BCUT2D eigenvalue weighted by molar-refractivity contribution is 5.94. The molecule has 1 heterocycles. The number of methoxy groups -OCH3 is 1. The van der Waals surface area contributed by atoms with Crippen LogP contribution in [0.5, 0.6) is 0 Å². The van der Waals surface area contributed by atoms with Gasteiger partial charge in [0.25, 0.3) is 0 Å². The Balaban J connectivity index is 1.89. The molecule has 0 amide bonds. The zero-order chi connectivity index (χ0) is 17.6. The molecule has 0 saturated carbocycles. The number of benzene rings is 2. The Bertz CT molecular complexity index is 874. The molecule has 0 spiro atoms. The van der Waals surface area contributed by atoms with E-state index in [2.05, 4.69) is 17.5 Å². The Labute approximate surface area is 146 Å². The SMILES string of the molecule is COC(=O)c1ccc(C)c2c1C1C=CCC1[C@@H](c1ccccc1F)N2. The monoisotopic (exact) mass is 337 g/mol. The number of ether oxygens (including phenoxy) is 1. The molecule has 1 aliphatic heterocycles. The summed E-state index contributed by atoms with van der Waals surface area (Å²) >= 11 is 0. The second-order valence-electron chi connectivity index (χ2n) is 6.71. The number of halogens is 1. The zero-order valence-corrected chi connectivity index (χ0v) is 14.3. The van der Waals surface area contributed by atoms with E-state index in [9.17, 15) is 9.18 Å². The van der Waals surface area contributed by atoms with Gasteiger partial charge in [-0.2, -0.15) is 0 Å². The van der Waals surface area contributed by atoms with Gasteiger partial charge in [0.05, 0.1) is 18.7 Å². The molecule has 3 nitrogen and oxygen atoms in total. The number of carbonyl (C=O) groups is 1. The van der Waals surface area contributed by atoms with Crippen LogP contribution >= 0.6 is 0 Å². The van der Waals surface area contributed by atoms with E-state index in [0.717, 1.165) is 23.2 Å². The van der Waals surface area contributed by atoms with Crippen LogP contribution in [0.25, 0.3) is 0 Å². The third-order valence-electron chi connectivity index (χ3n) is 5.37. The third-order valence-corrected chi connectivity index (χ3v) is 5.37. The van der Waals surface area contributed by atoms with Gasteiger partial charge in [-0.3, -0.25) is 0 Å². The summed E-state index contributed by atoms with van der Waals surface area (Å²) in [5.41, 5.74) is 4.20. The van der Waals surface area contributed by atoms with Gasteiger partial charge < -0.3 is 10.1 Å². The van der Waals surface area contributed by atoms with Crippen molar-refractivity contribution >= 4 is 11.7 Å². The van der Waals surface area contributed by atoms with Crippen LogP contribution in [0.3, 0.4) is 0 Å². The Morgan fingerprint density at radius 1 is 1.24 bits per heavy atom. The molecule has 2 aromatic carbocycles. The first-order chi connectivity index (χ1) is 12.1. The Morgan fingerprint density at radius 3 is 2.80 bits per heavy atom. The molecule has 0 radical (unpaired) electrons. The van der Waals surface area contributed by atoms with Gasteiger partial charge >= 0.3 is 5.97 Å². The lowest BCUT2D eigenvalue weighted by Crippen LogP contribution is -2.31. The fourth-order valence-corrected chi connectivity index (χ4v) is 4.18. The lowest BCUT2D eigenvalue weighted by Gasteiger charge is -2.39. The minimum absolute atomic E-state index is 0.0786. The summed E-state index contributed by atoms with van der Waals surface area (Å²) in [6.07, 6.45) is 5.12. The van der Waals surface area contributed by atoms with Crippen LogP contribution in [0.2, 0.25) is 0 Å². The summed E-state index contributed by atoms with van der Waals surface area (Å²) in [5.74, 6) is -0.276. The van der Waals surface area contributed by atoms with Gasteiger partial charge in [0.2, 0.25) is 0 Å². The van der Waals surface area contributed by atoms with E-state index in [-0.39, 0.29) is 29.7 Å². The van der Waals surface area contributed by atoms with E-state index in [0.29, 0.717) is 11.1 Å². The van der Waals surface area contributed by atoms with Crippen molar-refractivity contribution in [3.63, 3.8) is 0 Å². The summed E-state index contributed by atoms with van der Waals surface area (Å²) in [5, 5.41) is 3.53. The first kappa shape index (κ1) is 15.9. The van der Waals surface area contributed by atoms with Crippen LogP contribution in [-0.4, -0.2) is 13.1 Å². The molecular formula is C21H20FNO2. The smallest absolute Gasteiger partial charge is 0.338 e. The fourth-order valence-electron chi connectivity index (χ4n) is 4.18. The fraction of sp³-hybridized carbons (Fsp3) is 0.286. The minimum atomic E-state index is -0.332. The molecule has 0 aromatic heterocycles. The molecule has 128 valence electrons. The molecule has 2 unspecified atom stereocenters. The van der Waals surface area contributed by atoms with Crippen LogP contribution in [-0.2, 0) is 4.74 Å². The Kier molecular flexibility index (Phi) is 3.83. The van der Waals surface area contributed by atoms with Crippen molar-refractivity contribution in [2.75, 3.05) is 12.4 Å². The van der Waals surface area contributed by atoms with E-state index >= 15 is 0 Å². The molecule has 0 bridgehead atoms. The lowest BCUT2D eigenvalue weighted by atomic mass is 9.74. The zero-order valence-electron chi connectivity index (χ0n) is 14.3. The van der Waals surface area contributed by atoms with Crippen LogP contribution in [0, 0.1) is 18.7 Å². The molecule has 1 aliphatic carbocycles. The normalized spacial score (nSPS) is 23.6. The number of anilines is 1. The van der Waals surface area contributed by atoms with E-state index in [1.54, 1.807) is 6.07 Å². The average Bonchev–Trinajstić information content (AvgIpc) is 3.11. The minimum Gasteiger partial charge on any atom is -0.465 e. The second kappa shape index (κ2) is 6.03. The highest BCUT2D eigenvalue weighted by atomic mass is 19.1. The number of aryl methyl sites for hydroxylation is 1. The molecule has 2 aliphatic rings. The first-order valence-electron chi connectivity index (χ1n) is 8.51. The van der Waals surface area contributed by atoms with Crippen LogP contribution in [0.15, 0.2) is 48.6 Å². The Hall–Kier alpha value is -2.62. The van der Waals surface area contributed by atoms with Crippen molar-refractivity contribution in [3.8, 4) is 0 Å². The lowest BCUT2D eigenvalue weighted by molar-refractivity contribution is 0.0598. The van der Waals surface area contributed by atoms with Crippen molar-refractivity contribution in [1.29, 1.82) is 0 Å². The van der Waals surface area contributed by atoms with Crippen LogP contribution in [0.1, 0.15) is 45.4 Å².